The molecule has 0 radical (unpaired) electrons. The first-order valence-corrected chi connectivity index (χ1v) is 9.57. The summed E-state index contributed by atoms with van der Waals surface area (Å²) in [4.78, 5) is 13.0. The van der Waals surface area contributed by atoms with Crippen LogP contribution in [0.2, 0.25) is 0 Å². The number of nitrogens with one attached hydrogen (secondary N) is 2. The molecule has 1 aliphatic rings. The highest BCUT2D eigenvalue weighted by atomic mass is 32.1. The van der Waals surface area contributed by atoms with Crippen LogP contribution in [0, 0.1) is 19.8 Å². The molecule has 6 heteroatoms. The van der Waals surface area contributed by atoms with Crippen LogP contribution >= 0.6 is 11.3 Å². The van der Waals surface area contributed by atoms with Crippen LogP contribution in [-0.4, -0.2) is 48.6 Å². The fourth-order valence-corrected chi connectivity index (χ4v) is 3.69. The lowest BCUT2D eigenvalue weighted by Crippen LogP contribution is -2.43. The number of aromatic nitrogens is 1. The summed E-state index contributed by atoms with van der Waals surface area (Å²) >= 11 is 1.74. The molecule has 1 aromatic heterocycles. The third-order valence-electron chi connectivity index (χ3n) is 4.32. The summed E-state index contributed by atoms with van der Waals surface area (Å²) in [6.45, 7) is 14.7. The summed E-state index contributed by atoms with van der Waals surface area (Å²) in [6.07, 6.45) is 2.66. The van der Waals surface area contributed by atoms with Gasteiger partial charge in [0, 0.05) is 24.5 Å². The molecular weight excluding hydrogens is 306 g/mol. The lowest BCUT2D eigenvalue weighted by atomic mass is 9.99. The first-order chi connectivity index (χ1) is 11.1. The van der Waals surface area contributed by atoms with Crippen molar-refractivity contribution >= 4 is 17.3 Å². The Morgan fingerprint density at radius 1 is 1.30 bits per heavy atom. The van der Waals surface area contributed by atoms with E-state index in [4.69, 9.17) is 4.99 Å². The summed E-state index contributed by atoms with van der Waals surface area (Å²) in [5, 5.41) is 7.90. The van der Waals surface area contributed by atoms with Crippen LogP contribution in [-0.2, 0) is 6.54 Å². The molecule has 0 unspecified atom stereocenters. The monoisotopic (exact) mass is 337 g/mol. The Morgan fingerprint density at radius 2 is 2.04 bits per heavy atom. The molecule has 0 saturated carbocycles. The number of aliphatic imine (C=N–C) groups is 1. The van der Waals surface area contributed by atoms with Gasteiger partial charge in [-0.15, -0.1) is 11.3 Å². The van der Waals surface area contributed by atoms with Gasteiger partial charge in [0.05, 0.1) is 17.2 Å². The standard InChI is InChI=1S/C17H31N5S/c1-5-18-17(20-12-16-14(3)21-15(4)23-16)19-8-11-22-9-6-13(2)7-10-22/h13H,5-12H2,1-4H3,(H2,18,19,20). The van der Waals surface area contributed by atoms with Crippen molar-refractivity contribution in [3.8, 4) is 0 Å². The number of nitrogens with zero attached hydrogens (tertiary/aromatic N) is 3. The Hall–Kier alpha value is -1.14. The van der Waals surface area contributed by atoms with Crippen molar-refractivity contribution in [1.29, 1.82) is 0 Å². The highest BCUT2D eigenvalue weighted by Gasteiger charge is 2.15. The van der Waals surface area contributed by atoms with Gasteiger partial charge in [-0.2, -0.15) is 0 Å². The maximum atomic E-state index is 4.70. The number of hydrogen-bond acceptors (Lipinski definition) is 4. The normalized spacial score (nSPS) is 17.5. The van der Waals surface area contributed by atoms with E-state index in [2.05, 4.69) is 41.3 Å². The van der Waals surface area contributed by atoms with Crippen molar-refractivity contribution in [2.75, 3.05) is 32.7 Å². The topological polar surface area (TPSA) is 52.6 Å². The Bertz CT molecular complexity index is 503. The first-order valence-electron chi connectivity index (χ1n) is 8.76. The Balaban J connectivity index is 1.78. The summed E-state index contributed by atoms with van der Waals surface area (Å²) in [7, 11) is 0. The minimum Gasteiger partial charge on any atom is -0.357 e. The van der Waals surface area contributed by atoms with Gasteiger partial charge in [0.2, 0.25) is 0 Å². The first kappa shape index (κ1) is 18.2. The number of piperidine rings is 1. The summed E-state index contributed by atoms with van der Waals surface area (Å²) in [5.41, 5.74) is 1.11. The molecule has 2 N–H and O–H groups in total. The maximum absolute atomic E-state index is 4.70. The summed E-state index contributed by atoms with van der Waals surface area (Å²) in [5.74, 6) is 1.80. The number of aryl methyl sites for hydroxylation is 2. The number of rotatable bonds is 6. The van der Waals surface area contributed by atoms with Crippen molar-refractivity contribution < 1.29 is 0 Å². The predicted octanol–water partition coefficient (Wildman–Crippen LogP) is 2.55. The smallest absolute Gasteiger partial charge is 0.191 e. The van der Waals surface area contributed by atoms with Crippen LogP contribution in [0.1, 0.15) is 42.3 Å². The average Bonchev–Trinajstić information content (AvgIpc) is 2.84. The Labute approximate surface area is 144 Å². The number of guanidine groups is 1. The number of likely N-dealkylation sites (tertiary alicyclic amines) is 1. The maximum Gasteiger partial charge on any atom is 0.191 e. The molecule has 130 valence electrons. The minimum atomic E-state index is 0.702. The van der Waals surface area contributed by atoms with Crippen LogP contribution < -0.4 is 10.6 Å². The second-order valence-electron chi connectivity index (χ2n) is 6.39. The Morgan fingerprint density at radius 3 is 2.65 bits per heavy atom. The van der Waals surface area contributed by atoms with Gasteiger partial charge in [0.25, 0.3) is 0 Å². The number of hydrogen-bond donors (Lipinski definition) is 2. The molecule has 1 aromatic rings. The van der Waals surface area contributed by atoms with Crippen molar-refractivity contribution in [1.82, 2.24) is 20.5 Å². The van der Waals surface area contributed by atoms with E-state index in [9.17, 15) is 0 Å². The summed E-state index contributed by atoms with van der Waals surface area (Å²) < 4.78 is 0. The largest absolute Gasteiger partial charge is 0.357 e. The molecule has 1 fully saturated rings. The Kier molecular flexibility index (Phi) is 7.30. The van der Waals surface area contributed by atoms with E-state index in [0.29, 0.717) is 6.54 Å². The van der Waals surface area contributed by atoms with Crippen LogP contribution in [0.25, 0.3) is 0 Å². The molecule has 23 heavy (non-hydrogen) atoms. The molecule has 1 aliphatic heterocycles. The van der Waals surface area contributed by atoms with Gasteiger partial charge < -0.3 is 15.5 Å². The van der Waals surface area contributed by atoms with Crippen LogP contribution in [0.5, 0.6) is 0 Å². The van der Waals surface area contributed by atoms with Gasteiger partial charge in [0.1, 0.15) is 0 Å². The minimum absolute atomic E-state index is 0.702. The molecule has 0 atom stereocenters. The SMILES string of the molecule is CCNC(=NCc1sc(C)nc1C)NCCN1CCC(C)CC1. The lowest BCUT2D eigenvalue weighted by molar-refractivity contribution is 0.195. The predicted molar refractivity (Wildman–Crippen MR) is 99.2 cm³/mol. The van der Waals surface area contributed by atoms with E-state index in [1.54, 1.807) is 11.3 Å². The number of thiazole rings is 1. The second kappa shape index (κ2) is 9.23. The zero-order chi connectivity index (χ0) is 16.7. The van der Waals surface area contributed by atoms with E-state index in [1.165, 1.54) is 30.8 Å². The molecule has 1 saturated heterocycles. The van der Waals surface area contributed by atoms with Gasteiger partial charge in [-0.25, -0.2) is 9.98 Å². The van der Waals surface area contributed by atoms with Gasteiger partial charge in [-0.05, 0) is 52.6 Å². The zero-order valence-electron chi connectivity index (χ0n) is 15.0. The van der Waals surface area contributed by atoms with Crippen LogP contribution in [0.15, 0.2) is 4.99 Å². The summed E-state index contributed by atoms with van der Waals surface area (Å²) in [6, 6.07) is 0. The molecule has 0 aromatic carbocycles. The quantitative estimate of drug-likeness (QED) is 0.619. The van der Waals surface area contributed by atoms with Gasteiger partial charge >= 0.3 is 0 Å². The van der Waals surface area contributed by atoms with Crippen LogP contribution in [0.4, 0.5) is 0 Å². The van der Waals surface area contributed by atoms with Crippen molar-refractivity contribution in [2.24, 2.45) is 10.9 Å². The fourth-order valence-electron chi connectivity index (χ4n) is 2.83. The average molecular weight is 338 g/mol. The highest BCUT2D eigenvalue weighted by molar-refractivity contribution is 7.11. The molecule has 0 spiro atoms. The molecule has 5 nitrogen and oxygen atoms in total. The third kappa shape index (κ3) is 6.11. The van der Waals surface area contributed by atoms with E-state index >= 15 is 0 Å². The highest BCUT2D eigenvalue weighted by Crippen LogP contribution is 2.18. The molecule has 2 rings (SSSR count). The van der Waals surface area contributed by atoms with E-state index in [0.717, 1.165) is 42.2 Å². The zero-order valence-corrected chi connectivity index (χ0v) is 15.8. The van der Waals surface area contributed by atoms with E-state index in [1.807, 2.05) is 6.92 Å². The third-order valence-corrected chi connectivity index (χ3v) is 5.38. The van der Waals surface area contributed by atoms with Gasteiger partial charge in [-0.1, -0.05) is 6.92 Å². The fraction of sp³-hybridized carbons (Fsp3) is 0.765. The van der Waals surface area contributed by atoms with E-state index < -0.39 is 0 Å². The van der Waals surface area contributed by atoms with Gasteiger partial charge in [0.15, 0.2) is 5.96 Å². The van der Waals surface area contributed by atoms with E-state index in [-0.39, 0.29) is 0 Å². The molecule has 2 heterocycles. The van der Waals surface area contributed by atoms with Crippen molar-refractivity contribution in [3.63, 3.8) is 0 Å². The van der Waals surface area contributed by atoms with Crippen molar-refractivity contribution in [2.45, 2.75) is 47.1 Å². The van der Waals surface area contributed by atoms with Gasteiger partial charge in [-0.3, -0.25) is 0 Å². The van der Waals surface area contributed by atoms with Crippen molar-refractivity contribution in [3.05, 3.63) is 15.6 Å². The molecule has 0 bridgehead atoms. The molecule has 0 aliphatic carbocycles. The lowest BCUT2D eigenvalue weighted by Gasteiger charge is -2.30. The molecule has 0 amide bonds. The molecular formula is C17H31N5S. The van der Waals surface area contributed by atoms with Crippen LogP contribution in [0.3, 0.4) is 0 Å². The second-order valence-corrected chi connectivity index (χ2v) is 7.68.